The van der Waals surface area contributed by atoms with Crippen LogP contribution in [0.25, 0.3) is 16.7 Å². The van der Waals surface area contributed by atoms with E-state index in [-0.39, 0.29) is 5.82 Å². The number of aromatic nitrogens is 3. The van der Waals surface area contributed by atoms with Gasteiger partial charge in [-0.15, -0.1) is 0 Å². The maximum atomic E-state index is 13.1. The zero-order valence-corrected chi connectivity index (χ0v) is 15.8. The van der Waals surface area contributed by atoms with Crippen molar-refractivity contribution in [2.45, 2.75) is 0 Å². The molecule has 0 atom stereocenters. The molecule has 1 aliphatic heterocycles. The lowest BCUT2D eigenvalue weighted by Gasteiger charge is -2.28. The van der Waals surface area contributed by atoms with Gasteiger partial charge in [-0.2, -0.15) is 4.98 Å². The molecule has 3 heterocycles. The first kappa shape index (κ1) is 17.6. The van der Waals surface area contributed by atoms with E-state index in [0.29, 0.717) is 5.95 Å². The molecule has 0 bridgehead atoms. The normalized spacial score (nSPS) is 14.3. The summed E-state index contributed by atoms with van der Waals surface area (Å²) in [6, 6.07) is 16.6. The highest BCUT2D eigenvalue weighted by atomic mass is 19.1. The minimum absolute atomic E-state index is 0.277. The number of benzene rings is 2. The number of rotatable bonds is 4. The fourth-order valence-corrected chi connectivity index (χ4v) is 3.49. The summed E-state index contributed by atoms with van der Waals surface area (Å²) in [5.74, 6) is 0.190. The third-order valence-corrected chi connectivity index (χ3v) is 5.03. The Morgan fingerprint density at radius 3 is 2.38 bits per heavy atom. The van der Waals surface area contributed by atoms with Gasteiger partial charge in [-0.05, 0) is 54.6 Å². The summed E-state index contributed by atoms with van der Waals surface area (Å²) in [5, 5.41) is 4.07. The van der Waals surface area contributed by atoms with Crippen LogP contribution in [0, 0.1) is 5.82 Å². The minimum Gasteiger partial charge on any atom is -0.378 e. The number of nitrogens with zero attached hydrogens (tertiary/aromatic N) is 4. The fraction of sp³-hybridized carbons (Fsp3) is 0.182. The van der Waals surface area contributed by atoms with Crippen molar-refractivity contribution < 1.29 is 9.13 Å². The molecule has 7 heteroatoms. The Morgan fingerprint density at radius 2 is 1.62 bits per heavy atom. The quantitative estimate of drug-likeness (QED) is 0.569. The maximum Gasteiger partial charge on any atom is 0.229 e. The van der Waals surface area contributed by atoms with Gasteiger partial charge in [-0.25, -0.2) is 9.37 Å². The molecule has 0 amide bonds. The predicted octanol–water partition coefficient (Wildman–Crippen LogP) is 4.14. The number of hydrogen-bond donors (Lipinski definition) is 1. The monoisotopic (exact) mass is 389 g/mol. The molecule has 1 aliphatic rings. The fourth-order valence-electron chi connectivity index (χ4n) is 3.49. The van der Waals surface area contributed by atoms with E-state index in [1.54, 1.807) is 18.3 Å². The number of hydrogen-bond acceptors (Lipinski definition) is 5. The van der Waals surface area contributed by atoms with Crippen molar-refractivity contribution in [3.63, 3.8) is 0 Å². The third-order valence-electron chi connectivity index (χ3n) is 5.03. The molecule has 146 valence electrons. The second kappa shape index (κ2) is 7.52. The first-order chi connectivity index (χ1) is 14.3. The number of fused-ring (bicyclic) bond motifs is 1. The van der Waals surface area contributed by atoms with E-state index in [0.717, 1.165) is 48.7 Å². The van der Waals surface area contributed by atoms with Crippen LogP contribution >= 0.6 is 0 Å². The van der Waals surface area contributed by atoms with Crippen LogP contribution in [0.4, 0.5) is 21.7 Å². The van der Waals surface area contributed by atoms with Crippen LogP contribution < -0.4 is 10.2 Å². The molecule has 29 heavy (non-hydrogen) atoms. The molecule has 4 aromatic rings. The molecule has 0 spiro atoms. The van der Waals surface area contributed by atoms with Gasteiger partial charge in [0.2, 0.25) is 5.95 Å². The standard InChI is InChI=1S/C22H20FN5O/c23-17-1-3-18(4-2-17)25-22-24-15-16-9-10-28(21(16)26-22)20-7-5-19(6-8-20)27-11-13-29-14-12-27/h1-10,15H,11-14H2,(H,24,25,26). The lowest BCUT2D eigenvalue weighted by atomic mass is 10.2. The molecule has 6 nitrogen and oxygen atoms in total. The van der Waals surface area contributed by atoms with E-state index in [2.05, 4.69) is 44.5 Å². The van der Waals surface area contributed by atoms with Crippen LogP contribution in [0.2, 0.25) is 0 Å². The van der Waals surface area contributed by atoms with Crippen molar-refractivity contribution in [3.05, 3.63) is 72.8 Å². The summed E-state index contributed by atoms with van der Waals surface area (Å²) in [4.78, 5) is 11.3. The van der Waals surface area contributed by atoms with Crippen molar-refractivity contribution in [1.82, 2.24) is 14.5 Å². The highest BCUT2D eigenvalue weighted by molar-refractivity contribution is 5.79. The van der Waals surface area contributed by atoms with Crippen molar-refractivity contribution in [3.8, 4) is 5.69 Å². The molecule has 2 aromatic heterocycles. The second-order valence-electron chi connectivity index (χ2n) is 6.91. The van der Waals surface area contributed by atoms with E-state index in [9.17, 15) is 4.39 Å². The lowest BCUT2D eigenvalue weighted by Crippen LogP contribution is -2.36. The first-order valence-electron chi connectivity index (χ1n) is 9.56. The molecule has 1 saturated heterocycles. The molecule has 2 aromatic carbocycles. The molecular weight excluding hydrogens is 369 g/mol. The Morgan fingerprint density at radius 1 is 0.897 bits per heavy atom. The Bertz CT molecular complexity index is 1120. The number of halogens is 1. The number of ether oxygens (including phenoxy) is 1. The molecular formula is C22H20FN5O. The SMILES string of the molecule is Fc1ccc(Nc2ncc3ccn(-c4ccc(N5CCOCC5)cc4)c3n2)cc1. The van der Waals surface area contributed by atoms with E-state index in [4.69, 9.17) is 4.74 Å². The van der Waals surface area contributed by atoms with Gasteiger partial charge in [0.15, 0.2) is 0 Å². The topological polar surface area (TPSA) is 55.2 Å². The zero-order valence-electron chi connectivity index (χ0n) is 15.8. The van der Waals surface area contributed by atoms with Gasteiger partial charge in [0.25, 0.3) is 0 Å². The highest BCUT2D eigenvalue weighted by Crippen LogP contribution is 2.23. The third kappa shape index (κ3) is 3.64. The molecule has 0 aliphatic carbocycles. The molecule has 1 fully saturated rings. The van der Waals surface area contributed by atoms with Crippen LogP contribution in [0.15, 0.2) is 67.0 Å². The Labute approximate surface area is 167 Å². The summed E-state index contributed by atoms with van der Waals surface area (Å²) in [7, 11) is 0. The summed E-state index contributed by atoms with van der Waals surface area (Å²) >= 11 is 0. The van der Waals surface area contributed by atoms with Gasteiger partial charge in [-0.3, -0.25) is 0 Å². The average Bonchev–Trinajstić information content (AvgIpc) is 3.19. The minimum atomic E-state index is -0.277. The van der Waals surface area contributed by atoms with E-state index in [1.165, 1.54) is 17.8 Å². The largest absolute Gasteiger partial charge is 0.378 e. The van der Waals surface area contributed by atoms with Gasteiger partial charge >= 0.3 is 0 Å². The Balaban J connectivity index is 1.43. The van der Waals surface area contributed by atoms with E-state index in [1.807, 2.05) is 16.8 Å². The maximum absolute atomic E-state index is 13.1. The number of anilines is 3. The Hall–Kier alpha value is -3.45. The molecule has 5 rings (SSSR count). The van der Waals surface area contributed by atoms with E-state index < -0.39 is 0 Å². The van der Waals surface area contributed by atoms with Crippen LogP contribution in [0.3, 0.4) is 0 Å². The van der Waals surface area contributed by atoms with Crippen molar-refractivity contribution in [2.75, 3.05) is 36.5 Å². The molecule has 1 N–H and O–H groups in total. The second-order valence-corrected chi connectivity index (χ2v) is 6.91. The average molecular weight is 389 g/mol. The Kier molecular flexibility index (Phi) is 4.57. The van der Waals surface area contributed by atoms with Gasteiger partial charge in [0, 0.05) is 47.9 Å². The smallest absolute Gasteiger partial charge is 0.229 e. The van der Waals surface area contributed by atoms with Gasteiger partial charge in [0.05, 0.1) is 13.2 Å². The number of morpholine rings is 1. The number of nitrogens with one attached hydrogen (secondary N) is 1. The first-order valence-corrected chi connectivity index (χ1v) is 9.56. The summed E-state index contributed by atoms with van der Waals surface area (Å²) < 4.78 is 20.6. The van der Waals surface area contributed by atoms with Gasteiger partial charge in [-0.1, -0.05) is 0 Å². The van der Waals surface area contributed by atoms with Crippen molar-refractivity contribution in [2.24, 2.45) is 0 Å². The zero-order chi connectivity index (χ0) is 19.6. The molecule has 0 saturated carbocycles. The predicted molar refractivity (Wildman–Crippen MR) is 112 cm³/mol. The van der Waals surface area contributed by atoms with Crippen LogP contribution in [-0.4, -0.2) is 40.8 Å². The molecule has 0 unspecified atom stereocenters. The van der Waals surface area contributed by atoms with Crippen molar-refractivity contribution >= 4 is 28.4 Å². The van der Waals surface area contributed by atoms with Gasteiger partial charge < -0.3 is 19.5 Å². The van der Waals surface area contributed by atoms with Gasteiger partial charge in [0.1, 0.15) is 11.5 Å². The lowest BCUT2D eigenvalue weighted by molar-refractivity contribution is 0.122. The van der Waals surface area contributed by atoms with Crippen LogP contribution in [0.1, 0.15) is 0 Å². The van der Waals surface area contributed by atoms with Crippen LogP contribution in [0.5, 0.6) is 0 Å². The van der Waals surface area contributed by atoms with Crippen molar-refractivity contribution in [1.29, 1.82) is 0 Å². The highest BCUT2D eigenvalue weighted by Gasteiger charge is 2.12. The summed E-state index contributed by atoms with van der Waals surface area (Å²) in [5.41, 5.74) is 3.77. The summed E-state index contributed by atoms with van der Waals surface area (Å²) in [6.07, 6.45) is 3.78. The molecule has 0 radical (unpaired) electrons. The van der Waals surface area contributed by atoms with Crippen LogP contribution in [-0.2, 0) is 4.74 Å². The van der Waals surface area contributed by atoms with E-state index >= 15 is 0 Å². The summed E-state index contributed by atoms with van der Waals surface area (Å²) in [6.45, 7) is 3.37.